The van der Waals surface area contributed by atoms with Crippen LogP contribution in [0.25, 0.3) is 0 Å². The van der Waals surface area contributed by atoms with E-state index in [2.05, 4.69) is 5.32 Å². The van der Waals surface area contributed by atoms with E-state index >= 15 is 0 Å². The summed E-state index contributed by atoms with van der Waals surface area (Å²) in [6.45, 7) is -0.637. The number of alkyl halides is 3. The summed E-state index contributed by atoms with van der Waals surface area (Å²) in [6, 6.07) is 9.58. The van der Waals surface area contributed by atoms with Gasteiger partial charge in [-0.2, -0.15) is 18.4 Å². The standard InChI is InChI=1S/C24H20F4N4O3/c1-30-21(34)16-9-23(10-16)22(35)31(19-7-4-15(11-29)8-18(19)25)13-20(33)32(23)12-14-2-5-17(6-3-14)24(26,27)28/h2-8,16H,9-10,12-13H2,1H3,(H,30,34)/t16-,23+. The van der Waals surface area contributed by atoms with Gasteiger partial charge < -0.3 is 10.2 Å². The van der Waals surface area contributed by atoms with E-state index in [0.29, 0.717) is 5.56 Å². The van der Waals surface area contributed by atoms with Gasteiger partial charge in [-0.25, -0.2) is 4.39 Å². The van der Waals surface area contributed by atoms with Gasteiger partial charge in [0.05, 0.1) is 22.9 Å². The maximum Gasteiger partial charge on any atom is 0.416 e. The minimum Gasteiger partial charge on any atom is -0.359 e. The van der Waals surface area contributed by atoms with Crippen molar-refractivity contribution in [1.29, 1.82) is 5.26 Å². The average molecular weight is 488 g/mol. The third-order valence-electron chi connectivity index (χ3n) is 6.53. The van der Waals surface area contributed by atoms with Gasteiger partial charge in [0.1, 0.15) is 17.9 Å². The van der Waals surface area contributed by atoms with Crippen LogP contribution in [0.2, 0.25) is 0 Å². The second-order valence-electron chi connectivity index (χ2n) is 8.59. The fourth-order valence-corrected chi connectivity index (χ4v) is 4.65. The van der Waals surface area contributed by atoms with Gasteiger partial charge in [-0.15, -0.1) is 0 Å². The molecule has 0 radical (unpaired) electrons. The molecule has 0 aromatic heterocycles. The fourth-order valence-electron chi connectivity index (χ4n) is 4.65. The highest BCUT2D eigenvalue weighted by molar-refractivity contribution is 6.10. The van der Waals surface area contributed by atoms with Crippen molar-refractivity contribution in [2.24, 2.45) is 5.92 Å². The van der Waals surface area contributed by atoms with Gasteiger partial charge in [0.15, 0.2) is 0 Å². The quantitative estimate of drug-likeness (QED) is 0.670. The first-order valence-electron chi connectivity index (χ1n) is 10.7. The molecule has 1 saturated carbocycles. The number of halogens is 4. The van der Waals surface area contributed by atoms with E-state index in [-0.39, 0.29) is 36.5 Å². The Kier molecular flexibility index (Phi) is 6.00. The van der Waals surface area contributed by atoms with Crippen molar-refractivity contribution < 1.29 is 31.9 Å². The van der Waals surface area contributed by atoms with Crippen LogP contribution in [-0.4, -0.2) is 41.8 Å². The molecule has 1 spiro atoms. The fraction of sp³-hybridized carbons (Fsp3) is 0.333. The number of hydrogen-bond donors (Lipinski definition) is 1. The SMILES string of the molecule is CNC(=O)[C@H]1C[C@@]2(C1)C(=O)N(c1ccc(C#N)cc1F)CC(=O)N2Cc1ccc(C(F)(F)F)cc1. The molecule has 182 valence electrons. The van der Waals surface area contributed by atoms with Crippen LogP contribution in [0.3, 0.4) is 0 Å². The number of anilines is 1. The van der Waals surface area contributed by atoms with Crippen molar-refractivity contribution in [1.82, 2.24) is 10.2 Å². The molecule has 35 heavy (non-hydrogen) atoms. The van der Waals surface area contributed by atoms with Crippen LogP contribution in [0.5, 0.6) is 0 Å². The maximum absolute atomic E-state index is 14.7. The lowest BCUT2D eigenvalue weighted by Crippen LogP contribution is -2.73. The third-order valence-corrected chi connectivity index (χ3v) is 6.53. The van der Waals surface area contributed by atoms with Crippen LogP contribution in [0, 0.1) is 23.1 Å². The van der Waals surface area contributed by atoms with Gasteiger partial charge in [-0.3, -0.25) is 19.3 Å². The molecule has 1 aliphatic heterocycles. The number of amides is 3. The molecule has 0 atom stereocenters. The van der Waals surface area contributed by atoms with Crippen LogP contribution >= 0.6 is 0 Å². The first-order chi connectivity index (χ1) is 16.5. The Morgan fingerprint density at radius 1 is 1.17 bits per heavy atom. The van der Waals surface area contributed by atoms with Gasteiger partial charge in [-0.05, 0) is 48.7 Å². The first kappa shape index (κ1) is 24.2. The predicted molar refractivity (Wildman–Crippen MR) is 115 cm³/mol. The molecule has 0 unspecified atom stereocenters. The molecule has 1 N–H and O–H groups in total. The Hall–Kier alpha value is -3.94. The molecular formula is C24H20F4N4O3. The lowest BCUT2D eigenvalue weighted by molar-refractivity contribution is -0.165. The molecule has 1 saturated heterocycles. The van der Waals surface area contributed by atoms with Gasteiger partial charge >= 0.3 is 6.18 Å². The minimum atomic E-state index is -4.52. The summed E-state index contributed by atoms with van der Waals surface area (Å²) in [5.41, 5.74) is -2.04. The second kappa shape index (κ2) is 8.69. The first-order valence-corrected chi connectivity index (χ1v) is 10.7. The molecule has 2 fully saturated rings. The number of nitrogens with zero attached hydrogens (tertiary/aromatic N) is 3. The van der Waals surface area contributed by atoms with E-state index in [4.69, 9.17) is 5.26 Å². The zero-order valence-corrected chi connectivity index (χ0v) is 18.5. The lowest BCUT2D eigenvalue weighted by Gasteiger charge is -2.56. The van der Waals surface area contributed by atoms with Gasteiger partial charge in [-0.1, -0.05) is 12.1 Å². The van der Waals surface area contributed by atoms with E-state index in [0.717, 1.165) is 23.1 Å². The van der Waals surface area contributed by atoms with E-state index in [1.807, 2.05) is 0 Å². The van der Waals surface area contributed by atoms with Crippen LogP contribution in [0.4, 0.5) is 23.2 Å². The van der Waals surface area contributed by atoms with Gasteiger partial charge in [0.25, 0.3) is 5.91 Å². The number of benzene rings is 2. The highest BCUT2D eigenvalue weighted by Gasteiger charge is 2.61. The van der Waals surface area contributed by atoms with Crippen molar-refractivity contribution in [3.8, 4) is 6.07 Å². The largest absolute Gasteiger partial charge is 0.416 e. The Labute approximate surface area is 197 Å². The summed E-state index contributed by atoms with van der Waals surface area (Å²) in [4.78, 5) is 41.3. The monoisotopic (exact) mass is 488 g/mol. The summed E-state index contributed by atoms with van der Waals surface area (Å²) in [7, 11) is 1.44. The molecule has 1 aliphatic carbocycles. The van der Waals surface area contributed by atoms with Gasteiger partial charge in [0.2, 0.25) is 11.8 Å². The van der Waals surface area contributed by atoms with Crippen LogP contribution < -0.4 is 10.2 Å². The summed E-state index contributed by atoms with van der Waals surface area (Å²) in [5, 5.41) is 11.5. The molecule has 11 heteroatoms. The number of hydrogen-bond acceptors (Lipinski definition) is 4. The lowest BCUT2D eigenvalue weighted by atomic mass is 9.64. The number of carbonyl (C=O) groups excluding carboxylic acids is 3. The summed E-state index contributed by atoms with van der Waals surface area (Å²) in [5.74, 6) is -2.85. The Morgan fingerprint density at radius 2 is 1.83 bits per heavy atom. The number of rotatable bonds is 4. The van der Waals surface area contributed by atoms with Crippen LogP contribution in [0.15, 0.2) is 42.5 Å². The van der Waals surface area contributed by atoms with Crippen molar-refractivity contribution in [2.75, 3.05) is 18.5 Å². The Balaban J connectivity index is 1.67. The molecule has 1 heterocycles. The summed E-state index contributed by atoms with van der Waals surface area (Å²) in [6.07, 6.45) is -4.53. The second-order valence-corrected chi connectivity index (χ2v) is 8.59. The zero-order chi connectivity index (χ0) is 25.5. The van der Waals surface area contributed by atoms with Crippen LogP contribution in [-0.2, 0) is 27.1 Å². The van der Waals surface area contributed by atoms with Crippen molar-refractivity contribution in [2.45, 2.75) is 31.1 Å². The number of nitriles is 1. The van der Waals surface area contributed by atoms with E-state index in [1.54, 1.807) is 6.07 Å². The molecular weight excluding hydrogens is 468 g/mol. The predicted octanol–water partition coefficient (Wildman–Crippen LogP) is 2.99. The highest BCUT2D eigenvalue weighted by atomic mass is 19.4. The van der Waals surface area contributed by atoms with E-state index < -0.39 is 47.4 Å². The molecule has 2 aromatic carbocycles. The minimum absolute atomic E-state index is 0.00766. The number of piperazine rings is 1. The van der Waals surface area contributed by atoms with E-state index in [9.17, 15) is 31.9 Å². The van der Waals surface area contributed by atoms with Crippen LogP contribution in [0.1, 0.15) is 29.5 Å². The third kappa shape index (κ3) is 4.20. The highest BCUT2D eigenvalue weighted by Crippen LogP contribution is 2.47. The maximum atomic E-state index is 14.7. The van der Waals surface area contributed by atoms with Crippen molar-refractivity contribution in [3.05, 3.63) is 65.0 Å². The topological polar surface area (TPSA) is 93.5 Å². The summed E-state index contributed by atoms with van der Waals surface area (Å²) < 4.78 is 53.4. The number of nitrogens with one attached hydrogen (secondary N) is 1. The zero-order valence-electron chi connectivity index (χ0n) is 18.5. The van der Waals surface area contributed by atoms with Gasteiger partial charge in [0, 0.05) is 19.5 Å². The molecule has 2 aromatic rings. The average Bonchev–Trinajstić information content (AvgIpc) is 2.79. The molecule has 7 nitrogen and oxygen atoms in total. The van der Waals surface area contributed by atoms with E-state index in [1.165, 1.54) is 36.2 Å². The normalized spacial score (nSPS) is 22.1. The Morgan fingerprint density at radius 3 is 2.37 bits per heavy atom. The van der Waals surface area contributed by atoms with Crippen molar-refractivity contribution in [3.63, 3.8) is 0 Å². The smallest absolute Gasteiger partial charge is 0.359 e. The summed E-state index contributed by atoms with van der Waals surface area (Å²) >= 11 is 0. The van der Waals surface area contributed by atoms with Crippen molar-refractivity contribution >= 4 is 23.4 Å². The number of carbonyl (C=O) groups is 3. The Bertz CT molecular complexity index is 1230. The molecule has 0 bridgehead atoms. The molecule has 4 rings (SSSR count). The molecule has 2 aliphatic rings. The molecule has 3 amide bonds.